The van der Waals surface area contributed by atoms with Crippen LogP contribution in [-0.4, -0.2) is 61.9 Å². The molecule has 0 spiro atoms. The van der Waals surface area contributed by atoms with Crippen molar-refractivity contribution in [2.45, 2.75) is 45.1 Å². The Bertz CT molecular complexity index is 654. The second-order valence-corrected chi connectivity index (χ2v) is 8.15. The Morgan fingerprint density at radius 3 is 2.71 bits per heavy atom. The molecule has 0 radical (unpaired) electrons. The first kappa shape index (κ1) is 19.5. The SMILES string of the molecule is O=C(CCC1CCCC1)N(CCN1CCOCC1)Cc1ccc2c(c1)OCO2. The van der Waals surface area contributed by atoms with E-state index in [-0.39, 0.29) is 12.7 Å². The lowest BCUT2D eigenvalue weighted by molar-refractivity contribution is -0.132. The Hall–Kier alpha value is -1.79. The Morgan fingerprint density at radius 1 is 1.11 bits per heavy atom. The van der Waals surface area contributed by atoms with E-state index in [9.17, 15) is 4.79 Å². The van der Waals surface area contributed by atoms with Crippen molar-refractivity contribution in [2.24, 2.45) is 5.92 Å². The number of fused-ring (bicyclic) bond motifs is 1. The molecule has 2 heterocycles. The molecule has 1 amide bonds. The highest BCUT2D eigenvalue weighted by Gasteiger charge is 2.21. The molecule has 0 unspecified atom stereocenters. The van der Waals surface area contributed by atoms with Crippen molar-refractivity contribution in [1.82, 2.24) is 9.80 Å². The number of carbonyl (C=O) groups excluding carboxylic acids is 1. The highest BCUT2D eigenvalue weighted by atomic mass is 16.7. The van der Waals surface area contributed by atoms with E-state index in [0.29, 0.717) is 13.0 Å². The first-order chi connectivity index (χ1) is 13.8. The molecule has 1 saturated heterocycles. The van der Waals surface area contributed by atoms with E-state index in [4.69, 9.17) is 14.2 Å². The molecule has 1 saturated carbocycles. The van der Waals surface area contributed by atoms with Gasteiger partial charge in [-0.25, -0.2) is 0 Å². The summed E-state index contributed by atoms with van der Waals surface area (Å²) in [5, 5.41) is 0. The predicted octanol–water partition coefficient (Wildman–Crippen LogP) is 3.05. The van der Waals surface area contributed by atoms with Gasteiger partial charge in [0.25, 0.3) is 0 Å². The number of ether oxygens (including phenoxy) is 3. The summed E-state index contributed by atoms with van der Waals surface area (Å²) >= 11 is 0. The van der Waals surface area contributed by atoms with Gasteiger partial charge < -0.3 is 19.1 Å². The van der Waals surface area contributed by atoms with Gasteiger partial charge in [-0.1, -0.05) is 31.7 Å². The van der Waals surface area contributed by atoms with Gasteiger partial charge >= 0.3 is 0 Å². The van der Waals surface area contributed by atoms with E-state index in [2.05, 4.69) is 4.90 Å². The monoisotopic (exact) mass is 388 g/mol. The van der Waals surface area contributed by atoms with Crippen molar-refractivity contribution in [2.75, 3.05) is 46.2 Å². The third kappa shape index (κ3) is 5.17. The third-order valence-electron chi connectivity index (χ3n) is 6.19. The van der Waals surface area contributed by atoms with Crippen LogP contribution in [0.4, 0.5) is 0 Å². The van der Waals surface area contributed by atoms with Gasteiger partial charge in [0.15, 0.2) is 11.5 Å². The number of hydrogen-bond donors (Lipinski definition) is 0. The summed E-state index contributed by atoms with van der Waals surface area (Å²) in [6, 6.07) is 5.99. The molecule has 0 bridgehead atoms. The van der Waals surface area contributed by atoms with Crippen LogP contribution in [0.3, 0.4) is 0 Å². The number of hydrogen-bond acceptors (Lipinski definition) is 5. The van der Waals surface area contributed by atoms with Crippen molar-refractivity contribution in [3.05, 3.63) is 23.8 Å². The molecular weight excluding hydrogens is 356 g/mol. The van der Waals surface area contributed by atoms with Crippen LogP contribution in [0.1, 0.15) is 44.1 Å². The van der Waals surface area contributed by atoms with E-state index in [1.54, 1.807) is 0 Å². The smallest absolute Gasteiger partial charge is 0.231 e. The van der Waals surface area contributed by atoms with Gasteiger partial charge in [0.1, 0.15) is 0 Å². The molecule has 1 aromatic rings. The average molecular weight is 389 g/mol. The lowest BCUT2D eigenvalue weighted by Gasteiger charge is -2.30. The van der Waals surface area contributed by atoms with Crippen molar-refractivity contribution in [3.63, 3.8) is 0 Å². The lowest BCUT2D eigenvalue weighted by Crippen LogP contribution is -2.42. The Labute approximate surface area is 167 Å². The van der Waals surface area contributed by atoms with Crippen LogP contribution in [0, 0.1) is 5.92 Å². The highest BCUT2D eigenvalue weighted by molar-refractivity contribution is 5.76. The lowest BCUT2D eigenvalue weighted by atomic mass is 10.0. The maximum atomic E-state index is 13.0. The van der Waals surface area contributed by atoms with E-state index in [1.807, 2.05) is 23.1 Å². The van der Waals surface area contributed by atoms with Crippen LogP contribution in [-0.2, 0) is 16.1 Å². The molecule has 6 heteroatoms. The van der Waals surface area contributed by atoms with E-state index < -0.39 is 0 Å². The normalized spacial score (nSPS) is 19.9. The summed E-state index contributed by atoms with van der Waals surface area (Å²) in [6.07, 6.45) is 6.95. The summed E-state index contributed by atoms with van der Waals surface area (Å²) in [5.41, 5.74) is 1.10. The Balaban J connectivity index is 1.36. The number of benzene rings is 1. The standard InChI is InChI=1S/C22H32N2O4/c25-22(8-6-18-3-1-2-4-18)24(10-9-23-11-13-26-14-12-23)16-19-5-7-20-21(15-19)28-17-27-20/h5,7,15,18H,1-4,6,8-14,16-17H2. The minimum absolute atomic E-state index is 0.276. The van der Waals surface area contributed by atoms with Gasteiger partial charge in [-0.15, -0.1) is 0 Å². The molecule has 2 fully saturated rings. The summed E-state index contributed by atoms with van der Waals surface area (Å²) < 4.78 is 16.4. The fourth-order valence-corrected chi connectivity index (χ4v) is 4.42. The fraction of sp³-hybridized carbons (Fsp3) is 0.682. The van der Waals surface area contributed by atoms with Crippen molar-refractivity contribution in [3.8, 4) is 11.5 Å². The third-order valence-corrected chi connectivity index (χ3v) is 6.19. The molecule has 1 aromatic carbocycles. The summed E-state index contributed by atoms with van der Waals surface area (Å²) in [6.45, 7) is 6.06. The van der Waals surface area contributed by atoms with E-state index in [0.717, 1.165) is 68.8 Å². The zero-order valence-electron chi connectivity index (χ0n) is 16.7. The van der Waals surface area contributed by atoms with Gasteiger partial charge in [-0.2, -0.15) is 0 Å². The first-order valence-electron chi connectivity index (χ1n) is 10.7. The molecule has 28 heavy (non-hydrogen) atoms. The molecule has 2 aliphatic heterocycles. The number of carbonyl (C=O) groups is 1. The van der Waals surface area contributed by atoms with Crippen molar-refractivity contribution < 1.29 is 19.0 Å². The second kappa shape index (κ2) is 9.61. The van der Waals surface area contributed by atoms with Crippen LogP contribution in [0.2, 0.25) is 0 Å². The van der Waals surface area contributed by atoms with Gasteiger partial charge in [0.2, 0.25) is 12.7 Å². The zero-order chi connectivity index (χ0) is 19.2. The van der Waals surface area contributed by atoms with Gasteiger partial charge in [0.05, 0.1) is 13.2 Å². The molecule has 0 aromatic heterocycles. The minimum Gasteiger partial charge on any atom is -0.454 e. The molecule has 154 valence electrons. The maximum Gasteiger partial charge on any atom is 0.231 e. The predicted molar refractivity (Wildman–Crippen MR) is 106 cm³/mol. The van der Waals surface area contributed by atoms with E-state index >= 15 is 0 Å². The molecule has 6 nitrogen and oxygen atoms in total. The van der Waals surface area contributed by atoms with Crippen LogP contribution < -0.4 is 9.47 Å². The van der Waals surface area contributed by atoms with Crippen LogP contribution in [0.15, 0.2) is 18.2 Å². The van der Waals surface area contributed by atoms with Crippen molar-refractivity contribution >= 4 is 5.91 Å². The van der Waals surface area contributed by atoms with Crippen LogP contribution >= 0.6 is 0 Å². The second-order valence-electron chi connectivity index (χ2n) is 8.15. The molecule has 0 atom stereocenters. The Kier molecular flexibility index (Phi) is 6.70. The van der Waals surface area contributed by atoms with Crippen LogP contribution in [0.5, 0.6) is 11.5 Å². The topological polar surface area (TPSA) is 51.2 Å². The number of amides is 1. The molecular formula is C22H32N2O4. The highest BCUT2D eigenvalue weighted by Crippen LogP contribution is 2.33. The zero-order valence-corrected chi connectivity index (χ0v) is 16.7. The average Bonchev–Trinajstić information content (AvgIpc) is 3.41. The minimum atomic E-state index is 0.276. The molecule has 4 rings (SSSR count). The fourth-order valence-electron chi connectivity index (χ4n) is 4.42. The number of rotatable bonds is 8. The summed E-state index contributed by atoms with van der Waals surface area (Å²) in [4.78, 5) is 17.5. The number of nitrogens with zero attached hydrogens (tertiary/aromatic N) is 2. The number of morpholine rings is 1. The summed E-state index contributed by atoms with van der Waals surface area (Å²) in [5.74, 6) is 2.59. The maximum absolute atomic E-state index is 13.0. The van der Waals surface area contributed by atoms with Crippen molar-refractivity contribution in [1.29, 1.82) is 0 Å². The van der Waals surface area contributed by atoms with Crippen LogP contribution in [0.25, 0.3) is 0 Å². The molecule has 1 aliphatic carbocycles. The molecule has 0 N–H and O–H groups in total. The van der Waals surface area contributed by atoms with E-state index in [1.165, 1.54) is 25.7 Å². The first-order valence-corrected chi connectivity index (χ1v) is 10.7. The quantitative estimate of drug-likeness (QED) is 0.685. The molecule has 3 aliphatic rings. The Morgan fingerprint density at radius 2 is 1.89 bits per heavy atom. The summed E-state index contributed by atoms with van der Waals surface area (Å²) in [7, 11) is 0. The van der Waals surface area contributed by atoms with Gasteiger partial charge in [-0.3, -0.25) is 9.69 Å². The van der Waals surface area contributed by atoms with Gasteiger partial charge in [-0.05, 0) is 30.0 Å². The largest absolute Gasteiger partial charge is 0.454 e. The van der Waals surface area contributed by atoms with Gasteiger partial charge in [0, 0.05) is 39.1 Å².